The zero-order valence-electron chi connectivity index (χ0n) is 30.5. The van der Waals surface area contributed by atoms with Gasteiger partial charge < -0.3 is 33.3 Å². The monoisotopic (exact) mass is 776 g/mol. The number of rotatable bonds is 16. The minimum atomic E-state index is -2.87. The SMILES string of the molecule is COc1ccc(C(OC[C@H]2O[C@@H](n3cnc4c(NC(=O)c5ccccc5)ncnc43)C[C@@H]2OP(F)OCCC#N)(c2ccccc2)c2ccc(OC)cc2)cc1. The summed E-state index contributed by atoms with van der Waals surface area (Å²) in [4.78, 5) is 26.3. The Morgan fingerprint density at radius 1 is 0.911 bits per heavy atom. The number of methoxy groups -OCH3 is 2. The topological polar surface area (TPSA) is 152 Å². The quantitative estimate of drug-likeness (QED) is 0.0580. The highest BCUT2D eigenvalue weighted by Gasteiger charge is 2.44. The van der Waals surface area contributed by atoms with Crippen LogP contribution in [0, 0.1) is 11.3 Å². The molecule has 0 spiro atoms. The van der Waals surface area contributed by atoms with E-state index in [4.69, 9.17) is 33.3 Å². The molecule has 2 aromatic heterocycles. The minimum absolute atomic E-state index is 0.00956. The average Bonchev–Trinajstić information content (AvgIpc) is 3.86. The lowest BCUT2D eigenvalue weighted by Gasteiger charge is -2.37. The highest BCUT2D eigenvalue weighted by atomic mass is 31.2. The van der Waals surface area contributed by atoms with E-state index in [-0.39, 0.29) is 37.8 Å². The van der Waals surface area contributed by atoms with E-state index in [1.54, 1.807) is 43.1 Å². The van der Waals surface area contributed by atoms with Crippen LogP contribution in [0.4, 0.5) is 10.0 Å². The molecule has 7 rings (SSSR count). The van der Waals surface area contributed by atoms with E-state index in [1.165, 1.54) is 12.7 Å². The number of nitrogens with one attached hydrogen (secondary N) is 1. The van der Waals surface area contributed by atoms with Crippen molar-refractivity contribution in [1.29, 1.82) is 5.26 Å². The van der Waals surface area contributed by atoms with Crippen LogP contribution in [0.15, 0.2) is 122 Å². The lowest BCUT2D eigenvalue weighted by molar-refractivity contribution is -0.0908. The van der Waals surface area contributed by atoms with Crippen LogP contribution < -0.4 is 14.8 Å². The molecule has 0 aliphatic carbocycles. The number of amides is 1. The number of benzene rings is 4. The van der Waals surface area contributed by atoms with Gasteiger partial charge in [0.25, 0.3) is 5.91 Å². The molecule has 1 unspecified atom stereocenters. The Kier molecular flexibility index (Phi) is 12.2. The molecule has 1 aliphatic heterocycles. The number of carbonyl (C=O) groups is 1. The molecular weight excluding hydrogens is 738 g/mol. The van der Waals surface area contributed by atoms with Crippen molar-refractivity contribution in [2.45, 2.75) is 36.9 Å². The van der Waals surface area contributed by atoms with Gasteiger partial charge in [0.15, 0.2) is 17.0 Å². The van der Waals surface area contributed by atoms with Crippen molar-refractivity contribution in [3.63, 3.8) is 0 Å². The second-order valence-electron chi connectivity index (χ2n) is 12.6. The van der Waals surface area contributed by atoms with Crippen LogP contribution in [0.5, 0.6) is 11.5 Å². The molecule has 0 saturated carbocycles. The van der Waals surface area contributed by atoms with E-state index in [9.17, 15) is 4.79 Å². The fourth-order valence-electron chi connectivity index (χ4n) is 6.64. The summed E-state index contributed by atoms with van der Waals surface area (Å²) in [5, 5.41) is 11.8. The molecular formula is C41H38FN6O7P. The first-order valence-electron chi connectivity index (χ1n) is 17.7. The number of hydrogen-bond donors (Lipinski definition) is 1. The van der Waals surface area contributed by atoms with Gasteiger partial charge in [-0.2, -0.15) is 9.46 Å². The summed E-state index contributed by atoms with van der Waals surface area (Å²) in [6, 6.07) is 35.7. The van der Waals surface area contributed by atoms with Gasteiger partial charge in [0.05, 0.1) is 52.4 Å². The molecule has 56 heavy (non-hydrogen) atoms. The lowest BCUT2D eigenvalue weighted by Crippen LogP contribution is -2.38. The molecule has 6 aromatic rings. The number of anilines is 1. The van der Waals surface area contributed by atoms with Crippen molar-refractivity contribution in [2.75, 3.05) is 32.8 Å². The van der Waals surface area contributed by atoms with Crippen molar-refractivity contribution < 1.29 is 37.0 Å². The number of fused-ring (bicyclic) bond motifs is 1. The van der Waals surface area contributed by atoms with Crippen LogP contribution in [0.2, 0.25) is 0 Å². The van der Waals surface area contributed by atoms with Crippen LogP contribution in [0.25, 0.3) is 11.2 Å². The molecule has 1 N–H and O–H groups in total. The number of nitriles is 1. The van der Waals surface area contributed by atoms with Gasteiger partial charge in [-0.25, -0.2) is 15.0 Å². The van der Waals surface area contributed by atoms with Gasteiger partial charge in [-0.15, -0.1) is 0 Å². The maximum absolute atomic E-state index is 15.3. The van der Waals surface area contributed by atoms with E-state index in [0.717, 1.165) is 16.7 Å². The lowest BCUT2D eigenvalue weighted by atomic mass is 9.80. The summed E-state index contributed by atoms with van der Waals surface area (Å²) >= 11 is 0. The van der Waals surface area contributed by atoms with E-state index in [0.29, 0.717) is 28.2 Å². The molecule has 13 nitrogen and oxygen atoms in total. The Morgan fingerprint density at radius 3 is 2.16 bits per heavy atom. The van der Waals surface area contributed by atoms with Gasteiger partial charge >= 0.3 is 8.69 Å². The van der Waals surface area contributed by atoms with E-state index in [1.807, 2.05) is 91.0 Å². The minimum Gasteiger partial charge on any atom is -0.497 e. The molecule has 0 bridgehead atoms. The molecule has 1 aliphatic rings. The standard InChI is InChI=1S/C41H38FN6O7P/c1-50-32-18-14-30(15-19-32)41(29-12-7-4-8-13-29,31-16-20-33(51-2)21-17-31)52-25-35-34(55-56(42)53-23-9-22-43)24-36(54-35)48-27-46-37-38(44-26-45-39(37)48)47-40(49)28-10-5-3-6-11-28/h3-8,10-21,26-27,34-36H,9,23-25H2,1-2H3,(H,44,45,47,49)/t34-,35+,36+,56?/m0/s1. The zero-order chi connectivity index (χ0) is 38.9. The molecule has 1 fully saturated rings. The number of halogens is 1. The molecule has 4 aromatic carbocycles. The van der Waals surface area contributed by atoms with Crippen molar-refractivity contribution in [3.8, 4) is 17.6 Å². The molecule has 4 atom stereocenters. The fraction of sp³-hybridized carbons (Fsp3) is 0.244. The second-order valence-corrected chi connectivity index (χ2v) is 13.5. The van der Waals surface area contributed by atoms with Crippen LogP contribution in [0.3, 0.4) is 0 Å². The third kappa shape index (κ3) is 8.23. The molecule has 286 valence electrons. The number of hydrogen-bond acceptors (Lipinski definition) is 11. The normalized spacial score (nSPS) is 17.3. The molecule has 3 heterocycles. The highest BCUT2D eigenvalue weighted by Crippen LogP contribution is 2.48. The van der Waals surface area contributed by atoms with E-state index >= 15 is 4.20 Å². The second kappa shape index (κ2) is 17.8. The van der Waals surface area contributed by atoms with Gasteiger partial charge in [-0.3, -0.25) is 9.36 Å². The summed E-state index contributed by atoms with van der Waals surface area (Å²) in [6.45, 7) is -0.182. The number of aromatic nitrogens is 4. The van der Waals surface area contributed by atoms with Crippen molar-refractivity contribution in [2.24, 2.45) is 0 Å². The number of carbonyl (C=O) groups excluding carboxylic acids is 1. The molecule has 0 radical (unpaired) electrons. The van der Waals surface area contributed by atoms with Gasteiger partial charge in [-0.05, 0) is 53.1 Å². The van der Waals surface area contributed by atoms with Gasteiger partial charge in [0.1, 0.15) is 35.8 Å². The number of nitrogens with zero attached hydrogens (tertiary/aromatic N) is 5. The van der Waals surface area contributed by atoms with Gasteiger partial charge in [0, 0.05) is 12.0 Å². The van der Waals surface area contributed by atoms with Gasteiger partial charge in [0.2, 0.25) is 0 Å². The van der Waals surface area contributed by atoms with E-state index < -0.39 is 32.7 Å². The average molecular weight is 777 g/mol. The summed E-state index contributed by atoms with van der Waals surface area (Å²) in [6.07, 6.45) is 0.631. The van der Waals surface area contributed by atoms with Crippen molar-refractivity contribution >= 4 is 31.6 Å². The third-order valence-corrected chi connectivity index (χ3v) is 10.2. The number of ether oxygens (including phenoxy) is 4. The highest BCUT2D eigenvalue weighted by molar-refractivity contribution is 7.41. The predicted octanol–water partition coefficient (Wildman–Crippen LogP) is 7.90. The van der Waals surface area contributed by atoms with Crippen LogP contribution in [-0.4, -0.2) is 65.1 Å². The Labute approximate surface area is 324 Å². The first kappa shape index (κ1) is 38.5. The Morgan fingerprint density at radius 2 is 1.54 bits per heavy atom. The van der Waals surface area contributed by atoms with Crippen LogP contribution in [0.1, 0.15) is 46.1 Å². The maximum atomic E-state index is 15.3. The van der Waals surface area contributed by atoms with E-state index in [2.05, 4.69) is 20.3 Å². The summed E-state index contributed by atoms with van der Waals surface area (Å²) in [5.74, 6) is 1.21. The summed E-state index contributed by atoms with van der Waals surface area (Å²) in [5.41, 5.74) is 2.43. The maximum Gasteiger partial charge on any atom is 0.375 e. The first-order chi connectivity index (χ1) is 27.4. The van der Waals surface area contributed by atoms with Crippen molar-refractivity contribution in [1.82, 2.24) is 19.5 Å². The zero-order valence-corrected chi connectivity index (χ0v) is 31.4. The third-order valence-electron chi connectivity index (χ3n) is 9.38. The Bertz CT molecular complexity index is 2210. The molecule has 15 heteroatoms. The smallest absolute Gasteiger partial charge is 0.375 e. The fourth-order valence-corrected chi connectivity index (χ4v) is 7.37. The summed E-state index contributed by atoms with van der Waals surface area (Å²) in [7, 11) is 0.338. The molecule has 1 saturated heterocycles. The largest absolute Gasteiger partial charge is 0.497 e. The van der Waals surface area contributed by atoms with Crippen LogP contribution >= 0.6 is 8.69 Å². The summed E-state index contributed by atoms with van der Waals surface area (Å²) < 4.78 is 52.8. The first-order valence-corrected chi connectivity index (χ1v) is 18.8. The Balaban J connectivity index is 1.23. The number of imidazole rings is 1. The van der Waals surface area contributed by atoms with Gasteiger partial charge in [-0.1, -0.05) is 72.8 Å². The Hall–Kier alpha value is -5.81. The predicted molar refractivity (Wildman–Crippen MR) is 206 cm³/mol. The molecule has 1 amide bonds. The van der Waals surface area contributed by atoms with Crippen LogP contribution in [-0.2, 0) is 24.1 Å². The van der Waals surface area contributed by atoms with Crippen molar-refractivity contribution in [3.05, 3.63) is 144 Å².